The minimum atomic E-state index is -0.0928. The third kappa shape index (κ3) is 3.29. The zero-order valence-corrected chi connectivity index (χ0v) is 12.7. The Hall–Kier alpha value is -1.77. The summed E-state index contributed by atoms with van der Waals surface area (Å²) in [5.41, 5.74) is 2.35. The summed E-state index contributed by atoms with van der Waals surface area (Å²) in [5, 5.41) is 18.3. The first-order valence-electron chi connectivity index (χ1n) is 7.01. The quantitative estimate of drug-likeness (QED) is 0.696. The molecule has 0 saturated heterocycles. The van der Waals surface area contributed by atoms with Gasteiger partial charge in [0.25, 0.3) is 0 Å². The van der Waals surface area contributed by atoms with E-state index in [0.717, 1.165) is 16.5 Å². The lowest BCUT2D eigenvalue weighted by Gasteiger charge is -2.08. The lowest BCUT2D eigenvalue weighted by molar-refractivity contribution is 0.350. The van der Waals surface area contributed by atoms with E-state index in [1.807, 2.05) is 0 Å². The van der Waals surface area contributed by atoms with Crippen LogP contribution in [-0.4, -0.2) is 32.2 Å². The summed E-state index contributed by atoms with van der Waals surface area (Å²) in [5.74, 6) is 7.13. The highest BCUT2D eigenvalue weighted by molar-refractivity contribution is 7.99. The van der Waals surface area contributed by atoms with Gasteiger partial charge in [-0.05, 0) is 19.8 Å². The van der Waals surface area contributed by atoms with Crippen molar-refractivity contribution in [3.8, 4) is 23.2 Å². The minimum Gasteiger partial charge on any atom is -0.384 e. The molecule has 0 spiro atoms. The molecule has 1 saturated carbocycles. The molecule has 0 amide bonds. The summed E-state index contributed by atoms with van der Waals surface area (Å²) in [6, 6.07) is 8.91. The number of aromatic nitrogens is 3. The van der Waals surface area contributed by atoms with Crippen molar-refractivity contribution >= 4 is 11.8 Å². The van der Waals surface area contributed by atoms with Gasteiger partial charge in [-0.1, -0.05) is 53.4 Å². The summed E-state index contributed by atoms with van der Waals surface area (Å²) in [7, 11) is 0. The fourth-order valence-corrected chi connectivity index (χ4v) is 2.92. The van der Waals surface area contributed by atoms with E-state index < -0.39 is 0 Å². The largest absolute Gasteiger partial charge is 0.384 e. The fraction of sp³-hybridized carbons (Fsp3) is 0.375. The molecule has 1 N–H and O–H groups in total. The second kappa shape index (κ2) is 6.33. The van der Waals surface area contributed by atoms with Crippen molar-refractivity contribution in [2.45, 2.75) is 31.0 Å². The Morgan fingerprint density at radius 1 is 1.24 bits per heavy atom. The summed E-state index contributed by atoms with van der Waals surface area (Å²) in [6.45, 7) is 1.99. The number of rotatable bonds is 4. The number of thioether (sulfide) groups is 1. The normalized spacial score (nSPS) is 13.8. The average Bonchev–Trinajstić information content (AvgIpc) is 3.25. The van der Waals surface area contributed by atoms with E-state index in [0.29, 0.717) is 11.8 Å². The maximum Gasteiger partial charge on any atom is 0.192 e. The Morgan fingerprint density at radius 3 is 2.67 bits per heavy atom. The van der Waals surface area contributed by atoms with Gasteiger partial charge in [-0.25, -0.2) is 0 Å². The van der Waals surface area contributed by atoms with Gasteiger partial charge in [-0.3, -0.25) is 4.57 Å². The van der Waals surface area contributed by atoms with E-state index in [-0.39, 0.29) is 6.61 Å². The Morgan fingerprint density at radius 2 is 2.00 bits per heavy atom. The SMILES string of the molecule is Cc1ccc(-c2nnc(SCC#CCO)n2C2CC2)cc1. The van der Waals surface area contributed by atoms with Crippen molar-refractivity contribution in [2.24, 2.45) is 0 Å². The smallest absolute Gasteiger partial charge is 0.192 e. The van der Waals surface area contributed by atoms with Crippen molar-refractivity contribution in [3.63, 3.8) is 0 Å². The van der Waals surface area contributed by atoms with E-state index in [1.165, 1.54) is 18.4 Å². The number of aryl methyl sites for hydroxylation is 1. The highest BCUT2D eigenvalue weighted by Crippen LogP contribution is 2.40. The van der Waals surface area contributed by atoms with Gasteiger partial charge in [0.1, 0.15) is 6.61 Å². The maximum absolute atomic E-state index is 8.68. The van der Waals surface area contributed by atoms with E-state index in [2.05, 4.69) is 57.8 Å². The first-order valence-corrected chi connectivity index (χ1v) is 7.99. The van der Waals surface area contributed by atoms with Gasteiger partial charge in [0.05, 0.1) is 5.75 Å². The number of aliphatic hydroxyl groups excluding tert-OH is 1. The van der Waals surface area contributed by atoms with E-state index in [4.69, 9.17) is 5.11 Å². The Labute approximate surface area is 128 Å². The van der Waals surface area contributed by atoms with Crippen LogP contribution >= 0.6 is 11.8 Å². The molecule has 1 aromatic carbocycles. The first-order chi connectivity index (χ1) is 10.3. The maximum atomic E-state index is 8.68. The van der Waals surface area contributed by atoms with Gasteiger partial charge < -0.3 is 5.11 Å². The average molecular weight is 299 g/mol. The predicted molar refractivity (Wildman–Crippen MR) is 84.1 cm³/mol. The van der Waals surface area contributed by atoms with Crippen LogP contribution in [0.5, 0.6) is 0 Å². The van der Waals surface area contributed by atoms with E-state index >= 15 is 0 Å². The Kier molecular flexibility index (Phi) is 4.28. The molecule has 1 aliphatic rings. The summed E-state index contributed by atoms with van der Waals surface area (Å²) in [4.78, 5) is 0. The van der Waals surface area contributed by atoms with Crippen molar-refractivity contribution < 1.29 is 5.11 Å². The number of benzene rings is 1. The molecule has 5 heteroatoms. The van der Waals surface area contributed by atoms with Gasteiger partial charge in [0.2, 0.25) is 0 Å². The molecule has 0 atom stereocenters. The van der Waals surface area contributed by atoms with Gasteiger partial charge >= 0.3 is 0 Å². The fourth-order valence-electron chi connectivity index (χ4n) is 2.14. The highest BCUT2D eigenvalue weighted by atomic mass is 32.2. The molecular weight excluding hydrogens is 282 g/mol. The zero-order chi connectivity index (χ0) is 14.7. The van der Waals surface area contributed by atoms with E-state index in [9.17, 15) is 0 Å². The lowest BCUT2D eigenvalue weighted by atomic mass is 10.1. The summed E-state index contributed by atoms with van der Waals surface area (Å²) < 4.78 is 2.23. The number of hydrogen-bond donors (Lipinski definition) is 1. The van der Waals surface area contributed by atoms with Crippen LogP contribution in [0.15, 0.2) is 29.4 Å². The third-order valence-corrected chi connectivity index (χ3v) is 4.19. The van der Waals surface area contributed by atoms with Crippen LogP contribution in [0.3, 0.4) is 0 Å². The van der Waals surface area contributed by atoms with Gasteiger partial charge in [-0.2, -0.15) is 0 Å². The molecule has 0 aliphatic heterocycles. The monoisotopic (exact) mass is 299 g/mol. The van der Waals surface area contributed by atoms with Gasteiger partial charge in [-0.15, -0.1) is 10.2 Å². The standard InChI is InChI=1S/C16H17N3OS/c1-12-4-6-13(7-5-12)15-17-18-16(19(15)14-8-9-14)21-11-3-2-10-20/h4-7,14,20H,8-11H2,1H3. The lowest BCUT2D eigenvalue weighted by Crippen LogP contribution is -1.99. The molecule has 4 nitrogen and oxygen atoms in total. The Bertz CT molecular complexity index is 678. The molecule has 1 aromatic heterocycles. The first kappa shape index (κ1) is 14.2. The van der Waals surface area contributed by atoms with Crippen molar-refractivity contribution in [3.05, 3.63) is 29.8 Å². The number of hydrogen-bond acceptors (Lipinski definition) is 4. The van der Waals surface area contributed by atoms with Crippen LogP contribution in [0, 0.1) is 18.8 Å². The highest BCUT2D eigenvalue weighted by Gasteiger charge is 2.29. The molecule has 0 radical (unpaired) electrons. The molecule has 1 aliphatic carbocycles. The summed E-state index contributed by atoms with van der Waals surface area (Å²) in [6.07, 6.45) is 2.37. The molecular formula is C16H17N3OS. The van der Waals surface area contributed by atoms with Crippen molar-refractivity contribution in [1.82, 2.24) is 14.8 Å². The van der Waals surface area contributed by atoms with Gasteiger partial charge in [0.15, 0.2) is 11.0 Å². The molecule has 108 valence electrons. The van der Waals surface area contributed by atoms with Crippen LogP contribution < -0.4 is 0 Å². The predicted octanol–water partition coefficient (Wildman–Crippen LogP) is 2.68. The summed E-state index contributed by atoms with van der Waals surface area (Å²) >= 11 is 1.58. The van der Waals surface area contributed by atoms with Crippen molar-refractivity contribution in [2.75, 3.05) is 12.4 Å². The molecule has 1 heterocycles. The molecule has 0 bridgehead atoms. The number of nitrogens with zero attached hydrogens (tertiary/aromatic N) is 3. The van der Waals surface area contributed by atoms with Crippen molar-refractivity contribution in [1.29, 1.82) is 0 Å². The molecule has 1 fully saturated rings. The van der Waals surface area contributed by atoms with E-state index in [1.54, 1.807) is 11.8 Å². The second-order valence-electron chi connectivity index (χ2n) is 5.07. The molecule has 3 rings (SSSR count). The molecule has 0 unspecified atom stereocenters. The third-order valence-electron chi connectivity index (χ3n) is 3.36. The zero-order valence-electron chi connectivity index (χ0n) is 11.9. The molecule has 2 aromatic rings. The van der Waals surface area contributed by atoms with Crippen LogP contribution in [0.1, 0.15) is 24.4 Å². The number of aliphatic hydroxyl groups is 1. The second-order valence-corrected chi connectivity index (χ2v) is 6.02. The Balaban J connectivity index is 1.87. The molecule has 21 heavy (non-hydrogen) atoms. The van der Waals surface area contributed by atoms with Crippen LogP contribution in [-0.2, 0) is 0 Å². The minimum absolute atomic E-state index is 0.0928. The van der Waals surface area contributed by atoms with Gasteiger partial charge in [0, 0.05) is 11.6 Å². The van der Waals surface area contributed by atoms with Crippen LogP contribution in [0.2, 0.25) is 0 Å². The van der Waals surface area contributed by atoms with Crippen LogP contribution in [0.25, 0.3) is 11.4 Å². The van der Waals surface area contributed by atoms with Crippen LogP contribution in [0.4, 0.5) is 0 Å². The topological polar surface area (TPSA) is 50.9 Å².